The molecule has 0 amide bonds. The molecule has 1 aromatic carbocycles. The van der Waals surface area contributed by atoms with Gasteiger partial charge in [0.1, 0.15) is 23.7 Å². The monoisotopic (exact) mass is 219 g/mol. The standard InChI is InChI=1S/C11H9NO2S/c13-7-9-2-1-3-10(6-9)14-8-11-12-4-5-15-11/h1-7H,8H2. The highest BCUT2D eigenvalue weighted by atomic mass is 32.1. The van der Waals surface area contributed by atoms with E-state index in [1.165, 1.54) is 0 Å². The maximum atomic E-state index is 10.5. The molecular formula is C11H9NO2S. The number of aldehydes is 1. The number of carbonyl (C=O) groups excluding carboxylic acids is 1. The van der Waals surface area contributed by atoms with Crippen LogP contribution in [0.15, 0.2) is 35.8 Å². The molecule has 0 spiro atoms. The van der Waals surface area contributed by atoms with E-state index in [9.17, 15) is 4.79 Å². The number of ether oxygens (including phenoxy) is 1. The summed E-state index contributed by atoms with van der Waals surface area (Å²) in [5, 5.41) is 2.83. The number of aromatic nitrogens is 1. The van der Waals surface area contributed by atoms with Crippen LogP contribution in [0.25, 0.3) is 0 Å². The Bertz CT molecular complexity index is 440. The summed E-state index contributed by atoms with van der Waals surface area (Å²) in [4.78, 5) is 14.6. The molecule has 0 unspecified atom stereocenters. The van der Waals surface area contributed by atoms with Gasteiger partial charge in [-0.1, -0.05) is 12.1 Å². The molecule has 2 rings (SSSR count). The van der Waals surface area contributed by atoms with Crippen molar-refractivity contribution in [1.29, 1.82) is 0 Å². The van der Waals surface area contributed by atoms with Crippen LogP contribution >= 0.6 is 11.3 Å². The van der Waals surface area contributed by atoms with Gasteiger partial charge in [0.05, 0.1) is 0 Å². The minimum atomic E-state index is 0.444. The highest BCUT2D eigenvalue weighted by Crippen LogP contribution is 2.14. The Morgan fingerprint density at radius 1 is 1.47 bits per heavy atom. The van der Waals surface area contributed by atoms with Crippen molar-refractivity contribution in [3.8, 4) is 5.75 Å². The SMILES string of the molecule is O=Cc1cccc(OCc2nccs2)c1. The second kappa shape index (κ2) is 4.70. The maximum absolute atomic E-state index is 10.5. The van der Waals surface area contributed by atoms with E-state index in [-0.39, 0.29) is 0 Å². The van der Waals surface area contributed by atoms with Crippen molar-refractivity contribution in [2.75, 3.05) is 0 Å². The predicted octanol–water partition coefficient (Wildman–Crippen LogP) is 2.53. The largest absolute Gasteiger partial charge is 0.486 e. The quantitative estimate of drug-likeness (QED) is 0.742. The number of carbonyl (C=O) groups is 1. The van der Waals surface area contributed by atoms with Crippen LogP contribution in [-0.2, 0) is 6.61 Å². The molecule has 15 heavy (non-hydrogen) atoms. The van der Waals surface area contributed by atoms with E-state index in [1.54, 1.807) is 35.7 Å². The highest BCUT2D eigenvalue weighted by Gasteiger charge is 1.98. The van der Waals surface area contributed by atoms with Crippen LogP contribution in [0.3, 0.4) is 0 Å². The third-order valence-electron chi connectivity index (χ3n) is 1.84. The first kappa shape index (κ1) is 9.86. The fourth-order valence-corrected chi connectivity index (χ4v) is 1.67. The molecule has 2 aromatic rings. The van der Waals surface area contributed by atoms with Crippen LogP contribution < -0.4 is 4.74 Å². The molecule has 0 fully saturated rings. The molecule has 1 heterocycles. The lowest BCUT2D eigenvalue weighted by Crippen LogP contribution is -1.94. The lowest BCUT2D eigenvalue weighted by molar-refractivity contribution is 0.112. The molecule has 1 aromatic heterocycles. The van der Waals surface area contributed by atoms with E-state index >= 15 is 0 Å². The van der Waals surface area contributed by atoms with Crippen LogP contribution in [0.4, 0.5) is 0 Å². The number of nitrogens with zero attached hydrogens (tertiary/aromatic N) is 1. The maximum Gasteiger partial charge on any atom is 0.150 e. The van der Waals surface area contributed by atoms with Crippen molar-refractivity contribution in [3.63, 3.8) is 0 Å². The molecule has 3 nitrogen and oxygen atoms in total. The minimum absolute atomic E-state index is 0.444. The van der Waals surface area contributed by atoms with Crippen LogP contribution in [0, 0.1) is 0 Å². The van der Waals surface area contributed by atoms with Gasteiger partial charge in [0.2, 0.25) is 0 Å². The van der Waals surface area contributed by atoms with E-state index in [2.05, 4.69) is 4.98 Å². The second-order valence-electron chi connectivity index (χ2n) is 2.90. The van der Waals surface area contributed by atoms with Gasteiger partial charge in [-0.3, -0.25) is 4.79 Å². The Kier molecular flexibility index (Phi) is 3.09. The first-order chi connectivity index (χ1) is 7.38. The van der Waals surface area contributed by atoms with E-state index in [0.29, 0.717) is 17.9 Å². The lowest BCUT2D eigenvalue weighted by Gasteiger charge is -2.03. The van der Waals surface area contributed by atoms with Crippen LogP contribution in [0.5, 0.6) is 5.75 Å². The molecule has 0 radical (unpaired) electrons. The summed E-state index contributed by atoms with van der Waals surface area (Å²) in [6, 6.07) is 7.06. The molecular weight excluding hydrogens is 210 g/mol. The predicted molar refractivity (Wildman–Crippen MR) is 58.3 cm³/mol. The van der Waals surface area contributed by atoms with Crippen molar-refractivity contribution in [1.82, 2.24) is 4.98 Å². The Morgan fingerprint density at radius 3 is 3.13 bits per heavy atom. The first-order valence-electron chi connectivity index (χ1n) is 4.45. The van der Waals surface area contributed by atoms with E-state index in [4.69, 9.17) is 4.74 Å². The lowest BCUT2D eigenvalue weighted by atomic mass is 10.2. The Balaban J connectivity index is 2.01. The van der Waals surface area contributed by atoms with Crippen molar-refractivity contribution >= 4 is 17.6 Å². The molecule has 0 saturated heterocycles. The van der Waals surface area contributed by atoms with Gasteiger partial charge in [-0.2, -0.15) is 0 Å². The third-order valence-corrected chi connectivity index (χ3v) is 2.59. The van der Waals surface area contributed by atoms with Gasteiger partial charge < -0.3 is 4.74 Å². The second-order valence-corrected chi connectivity index (χ2v) is 3.88. The first-order valence-corrected chi connectivity index (χ1v) is 5.33. The molecule has 4 heteroatoms. The number of benzene rings is 1. The van der Waals surface area contributed by atoms with Crippen LogP contribution in [-0.4, -0.2) is 11.3 Å². The zero-order valence-corrected chi connectivity index (χ0v) is 8.74. The normalized spacial score (nSPS) is 9.87. The zero-order valence-electron chi connectivity index (χ0n) is 7.92. The summed E-state index contributed by atoms with van der Waals surface area (Å²) in [5.41, 5.74) is 0.617. The smallest absolute Gasteiger partial charge is 0.150 e. The van der Waals surface area contributed by atoms with Crippen molar-refractivity contribution in [2.24, 2.45) is 0 Å². The van der Waals surface area contributed by atoms with Gasteiger partial charge in [0, 0.05) is 17.1 Å². The molecule has 0 bridgehead atoms. The third kappa shape index (κ3) is 2.63. The summed E-state index contributed by atoms with van der Waals surface area (Å²) in [6.07, 6.45) is 2.54. The van der Waals surface area contributed by atoms with Gasteiger partial charge in [0.25, 0.3) is 0 Å². The molecule has 0 atom stereocenters. The fourth-order valence-electron chi connectivity index (χ4n) is 1.15. The van der Waals surface area contributed by atoms with Crippen LogP contribution in [0.1, 0.15) is 15.4 Å². The van der Waals surface area contributed by atoms with Gasteiger partial charge in [0.15, 0.2) is 0 Å². The number of rotatable bonds is 4. The highest BCUT2D eigenvalue weighted by molar-refractivity contribution is 7.09. The average Bonchev–Trinajstić information content (AvgIpc) is 2.79. The van der Waals surface area contributed by atoms with Crippen molar-refractivity contribution < 1.29 is 9.53 Å². The Morgan fingerprint density at radius 2 is 2.40 bits per heavy atom. The van der Waals surface area contributed by atoms with E-state index < -0.39 is 0 Å². The zero-order chi connectivity index (χ0) is 10.5. The molecule has 0 aliphatic carbocycles. The summed E-state index contributed by atoms with van der Waals surface area (Å²) >= 11 is 1.55. The average molecular weight is 219 g/mol. The number of thiazole rings is 1. The fraction of sp³-hybridized carbons (Fsp3) is 0.0909. The van der Waals surface area contributed by atoms with Crippen LogP contribution in [0.2, 0.25) is 0 Å². The molecule has 0 saturated carbocycles. The van der Waals surface area contributed by atoms with Gasteiger partial charge in [-0.15, -0.1) is 11.3 Å². The summed E-state index contributed by atoms with van der Waals surface area (Å²) in [6.45, 7) is 0.444. The molecule has 0 aliphatic heterocycles. The number of hydrogen-bond acceptors (Lipinski definition) is 4. The van der Waals surface area contributed by atoms with E-state index in [0.717, 1.165) is 11.3 Å². The summed E-state index contributed by atoms with van der Waals surface area (Å²) < 4.78 is 5.48. The molecule has 76 valence electrons. The Hall–Kier alpha value is -1.68. The van der Waals surface area contributed by atoms with E-state index in [1.807, 2.05) is 11.4 Å². The molecule has 0 N–H and O–H groups in total. The van der Waals surface area contributed by atoms with Crippen molar-refractivity contribution in [3.05, 3.63) is 46.4 Å². The van der Waals surface area contributed by atoms with Gasteiger partial charge in [-0.25, -0.2) is 4.98 Å². The summed E-state index contributed by atoms with van der Waals surface area (Å²) in [5.74, 6) is 0.690. The molecule has 0 aliphatic rings. The minimum Gasteiger partial charge on any atom is -0.486 e. The Labute approximate surface area is 91.4 Å². The van der Waals surface area contributed by atoms with Gasteiger partial charge >= 0.3 is 0 Å². The summed E-state index contributed by atoms with van der Waals surface area (Å²) in [7, 11) is 0. The number of hydrogen-bond donors (Lipinski definition) is 0. The van der Waals surface area contributed by atoms with Crippen molar-refractivity contribution in [2.45, 2.75) is 6.61 Å². The van der Waals surface area contributed by atoms with Gasteiger partial charge in [-0.05, 0) is 12.1 Å². The topological polar surface area (TPSA) is 39.2 Å².